The zero-order chi connectivity index (χ0) is 12.3. The average Bonchev–Trinajstić information content (AvgIpc) is 3.20. The molecule has 2 N–H and O–H groups in total. The highest BCUT2D eigenvalue weighted by Crippen LogP contribution is 2.41. The Hall–Kier alpha value is -0.120. The lowest BCUT2D eigenvalue weighted by Gasteiger charge is -2.38. The monoisotopic (exact) mass is 240 g/mol. The van der Waals surface area contributed by atoms with Gasteiger partial charge < -0.3 is 10.4 Å². The number of likely N-dealkylation sites (N-methyl/N-ethyl adjacent to an activating group) is 1. The van der Waals surface area contributed by atoms with Crippen LogP contribution in [-0.2, 0) is 0 Å². The smallest absolute Gasteiger partial charge is 0.0628 e. The van der Waals surface area contributed by atoms with Crippen molar-refractivity contribution < 1.29 is 5.11 Å². The Labute approximate surface area is 106 Å². The predicted octanol–water partition coefficient (Wildman–Crippen LogP) is 1.61. The second kappa shape index (κ2) is 5.68. The first kappa shape index (κ1) is 13.3. The molecule has 1 unspecified atom stereocenters. The van der Waals surface area contributed by atoms with Crippen LogP contribution < -0.4 is 5.32 Å². The highest BCUT2D eigenvalue weighted by Gasteiger charge is 2.46. The summed E-state index contributed by atoms with van der Waals surface area (Å²) in [5, 5.41) is 13.4. The second-order valence-corrected chi connectivity index (χ2v) is 5.82. The first-order valence-corrected chi connectivity index (χ1v) is 7.35. The molecule has 0 heterocycles. The van der Waals surface area contributed by atoms with Crippen LogP contribution in [0, 0.1) is 5.92 Å². The maximum Gasteiger partial charge on any atom is 0.0628 e. The summed E-state index contributed by atoms with van der Waals surface area (Å²) in [6.07, 6.45) is 6.52. The van der Waals surface area contributed by atoms with Gasteiger partial charge in [0.2, 0.25) is 0 Å². The Bertz CT molecular complexity index is 238. The van der Waals surface area contributed by atoms with Crippen LogP contribution in [0.2, 0.25) is 0 Å². The van der Waals surface area contributed by atoms with Crippen molar-refractivity contribution >= 4 is 0 Å². The molecule has 0 aromatic carbocycles. The van der Waals surface area contributed by atoms with Crippen LogP contribution in [0.3, 0.4) is 0 Å². The zero-order valence-electron chi connectivity index (χ0n) is 11.4. The SMILES string of the molecule is CCCN(CC(CO)(NCC)C1CC1)C1CC1. The molecule has 0 aromatic heterocycles. The second-order valence-electron chi connectivity index (χ2n) is 5.82. The lowest BCUT2D eigenvalue weighted by molar-refractivity contribution is 0.0881. The van der Waals surface area contributed by atoms with Crippen LogP contribution in [0.15, 0.2) is 0 Å². The van der Waals surface area contributed by atoms with Gasteiger partial charge in [0.1, 0.15) is 0 Å². The van der Waals surface area contributed by atoms with Crippen LogP contribution in [0.1, 0.15) is 46.0 Å². The molecule has 0 spiro atoms. The van der Waals surface area contributed by atoms with E-state index in [1.807, 2.05) is 0 Å². The van der Waals surface area contributed by atoms with Crippen molar-refractivity contribution in [3.8, 4) is 0 Å². The Kier molecular flexibility index (Phi) is 4.45. The zero-order valence-corrected chi connectivity index (χ0v) is 11.4. The largest absolute Gasteiger partial charge is 0.394 e. The molecule has 3 heteroatoms. The predicted molar refractivity (Wildman–Crippen MR) is 71.1 cm³/mol. The fraction of sp³-hybridized carbons (Fsp3) is 1.00. The third-order valence-electron chi connectivity index (χ3n) is 4.23. The van der Waals surface area contributed by atoms with Crippen molar-refractivity contribution in [2.75, 3.05) is 26.2 Å². The molecule has 3 nitrogen and oxygen atoms in total. The normalized spacial score (nSPS) is 24.0. The standard InChI is InChI=1S/C14H28N2O/c1-3-9-16(13-7-8-13)10-14(11-17,15-4-2)12-5-6-12/h12-13,15,17H,3-11H2,1-2H3. The van der Waals surface area contributed by atoms with Crippen LogP contribution in [0.25, 0.3) is 0 Å². The Morgan fingerprint density at radius 3 is 2.35 bits per heavy atom. The van der Waals surface area contributed by atoms with Gasteiger partial charge >= 0.3 is 0 Å². The Morgan fingerprint density at radius 2 is 1.94 bits per heavy atom. The average molecular weight is 240 g/mol. The van der Waals surface area contributed by atoms with Gasteiger partial charge in [-0.05, 0) is 51.1 Å². The van der Waals surface area contributed by atoms with E-state index in [0.29, 0.717) is 12.5 Å². The van der Waals surface area contributed by atoms with E-state index >= 15 is 0 Å². The molecule has 2 fully saturated rings. The first-order valence-electron chi connectivity index (χ1n) is 7.35. The summed E-state index contributed by atoms with van der Waals surface area (Å²) in [6.45, 7) is 7.87. The summed E-state index contributed by atoms with van der Waals surface area (Å²) in [5.74, 6) is 0.700. The summed E-state index contributed by atoms with van der Waals surface area (Å²) in [7, 11) is 0. The van der Waals surface area contributed by atoms with Gasteiger partial charge in [-0.25, -0.2) is 0 Å². The van der Waals surface area contributed by atoms with Crippen molar-refractivity contribution in [2.24, 2.45) is 5.92 Å². The summed E-state index contributed by atoms with van der Waals surface area (Å²) in [4.78, 5) is 2.61. The molecule has 0 bridgehead atoms. The van der Waals surface area contributed by atoms with Gasteiger partial charge in [-0.1, -0.05) is 13.8 Å². The van der Waals surface area contributed by atoms with Crippen molar-refractivity contribution in [2.45, 2.75) is 57.5 Å². The van der Waals surface area contributed by atoms with E-state index in [9.17, 15) is 5.11 Å². The van der Waals surface area contributed by atoms with Crippen LogP contribution >= 0.6 is 0 Å². The number of hydrogen-bond donors (Lipinski definition) is 2. The Morgan fingerprint density at radius 1 is 1.24 bits per heavy atom. The summed E-state index contributed by atoms with van der Waals surface area (Å²) < 4.78 is 0. The fourth-order valence-electron chi connectivity index (χ4n) is 3.03. The fourth-order valence-corrected chi connectivity index (χ4v) is 3.03. The molecule has 2 aliphatic rings. The van der Waals surface area contributed by atoms with E-state index in [1.165, 1.54) is 38.6 Å². The number of aliphatic hydroxyl groups excluding tert-OH is 1. The van der Waals surface area contributed by atoms with Crippen LogP contribution in [0.5, 0.6) is 0 Å². The van der Waals surface area contributed by atoms with E-state index in [0.717, 1.165) is 19.1 Å². The van der Waals surface area contributed by atoms with Crippen molar-refractivity contribution in [3.05, 3.63) is 0 Å². The number of hydrogen-bond acceptors (Lipinski definition) is 3. The highest BCUT2D eigenvalue weighted by atomic mass is 16.3. The molecule has 0 radical (unpaired) electrons. The summed E-state index contributed by atoms with van der Waals surface area (Å²) in [5.41, 5.74) is -0.0213. The number of aliphatic hydroxyl groups is 1. The van der Waals surface area contributed by atoms with Gasteiger partial charge in [0.15, 0.2) is 0 Å². The quantitative estimate of drug-likeness (QED) is 0.643. The minimum Gasteiger partial charge on any atom is -0.394 e. The summed E-state index contributed by atoms with van der Waals surface area (Å²) in [6, 6.07) is 0.804. The first-order chi connectivity index (χ1) is 8.25. The maximum absolute atomic E-state index is 9.85. The number of nitrogens with one attached hydrogen (secondary N) is 1. The highest BCUT2D eigenvalue weighted by molar-refractivity contribution is 5.04. The molecule has 0 saturated heterocycles. The van der Waals surface area contributed by atoms with Gasteiger partial charge in [-0.2, -0.15) is 0 Å². The van der Waals surface area contributed by atoms with Crippen molar-refractivity contribution in [1.29, 1.82) is 0 Å². The Balaban J connectivity index is 1.98. The molecular formula is C14H28N2O. The molecule has 0 amide bonds. The molecule has 0 aliphatic heterocycles. The van der Waals surface area contributed by atoms with E-state index in [1.54, 1.807) is 0 Å². The van der Waals surface area contributed by atoms with Crippen molar-refractivity contribution in [3.63, 3.8) is 0 Å². The molecule has 17 heavy (non-hydrogen) atoms. The number of nitrogens with zero attached hydrogens (tertiary/aromatic N) is 1. The van der Waals surface area contributed by atoms with Gasteiger partial charge in [0, 0.05) is 12.6 Å². The lowest BCUT2D eigenvalue weighted by atomic mass is 9.93. The molecule has 1 atom stereocenters. The van der Waals surface area contributed by atoms with E-state index in [4.69, 9.17) is 0 Å². The van der Waals surface area contributed by atoms with Gasteiger partial charge in [0.05, 0.1) is 12.1 Å². The molecule has 2 rings (SSSR count). The molecule has 2 aliphatic carbocycles. The van der Waals surface area contributed by atoms with Crippen LogP contribution in [0.4, 0.5) is 0 Å². The molecular weight excluding hydrogens is 212 g/mol. The third kappa shape index (κ3) is 3.21. The summed E-state index contributed by atoms with van der Waals surface area (Å²) >= 11 is 0. The van der Waals surface area contributed by atoms with Gasteiger partial charge in [0.25, 0.3) is 0 Å². The van der Waals surface area contributed by atoms with E-state index in [2.05, 4.69) is 24.1 Å². The van der Waals surface area contributed by atoms with Crippen LogP contribution in [-0.4, -0.2) is 47.8 Å². The molecule has 100 valence electrons. The van der Waals surface area contributed by atoms with Gasteiger partial charge in [-0.15, -0.1) is 0 Å². The van der Waals surface area contributed by atoms with E-state index < -0.39 is 0 Å². The molecule has 2 saturated carbocycles. The lowest BCUT2D eigenvalue weighted by Crippen LogP contribution is -2.58. The minimum absolute atomic E-state index is 0.0213. The third-order valence-corrected chi connectivity index (χ3v) is 4.23. The van der Waals surface area contributed by atoms with E-state index in [-0.39, 0.29) is 5.54 Å². The minimum atomic E-state index is -0.0213. The molecule has 0 aromatic rings. The van der Waals surface area contributed by atoms with Gasteiger partial charge in [-0.3, -0.25) is 4.90 Å². The topological polar surface area (TPSA) is 35.5 Å². The maximum atomic E-state index is 9.85. The number of rotatable bonds is 9. The van der Waals surface area contributed by atoms with Crippen molar-refractivity contribution in [1.82, 2.24) is 10.2 Å².